The number of halogens is 1. The standard InChI is InChI=1S/C9H15ClN2S/c1-7(3-4-10)11-5-9-12-8(2)6-13-9/h6-7,11H,3-5H2,1-2H3. The SMILES string of the molecule is Cc1csc(CNC(C)CCCl)n1. The van der Waals surface area contributed by atoms with Crippen LogP contribution in [-0.2, 0) is 6.54 Å². The van der Waals surface area contributed by atoms with Gasteiger partial charge in [-0.25, -0.2) is 4.98 Å². The first-order valence-electron chi connectivity index (χ1n) is 4.42. The molecule has 0 aliphatic rings. The van der Waals surface area contributed by atoms with Crippen molar-refractivity contribution in [2.45, 2.75) is 32.9 Å². The van der Waals surface area contributed by atoms with E-state index in [1.165, 1.54) is 0 Å². The molecular weight excluding hydrogens is 204 g/mol. The van der Waals surface area contributed by atoms with Crippen molar-refractivity contribution in [3.05, 3.63) is 16.1 Å². The van der Waals surface area contributed by atoms with E-state index in [0.717, 1.165) is 23.7 Å². The van der Waals surface area contributed by atoms with Crippen LogP contribution in [0.3, 0.4) is 0 Å². The summed E-state index contributed by atoms with van der Waals surface area (Å²) in [5.41, 5.74) is 1.10. The molecule has 13 heavy (non-hydrogen) atoms. The highest BCUT2D eigenvalue weighted by atomic mass is 35.5. The number of aromatic nitrogens is 1. The van der Waals surface area contributed by atoms with Gasteiger partial charge in [-0.05, 0) is 20.3 Å². The Morgan fingerprint density at radius 2 is 2.46 bits per heavy atom. The Bertz CT molecular complexity index is 250. The number of nitrogens with one attached hydrogen (secondary N) is 1. The lowest BCUT2D eigenvalue weighted by atomic mass is 10.2. The molecule has 4 heteroatoms. The van der Waals surface area contributed by atoms with Crippen LogP contribution in [0.15, 0.2) is 5.38 Å². The van der Waals surface area contributed by atoms with Crippen LogP contribution in [0.1, 0.15) is 24.0 Å². The van der Waals surface area contributed by atoms with Gasteiger partial charge in [0.25, 0.3) is 0 Å². The Balaban J connectivity index is 2.26. The largest absolute Gasteiger partial charge is 0.308 e. The second kappa shape index (κ2) is 5.58. The topological polar surface area (TPSA) is 24.9 Å². The fraction of sp³-hybridized carbons (Fsp3) is 0.667. The van der Waals surface area contributed by atoms with E-state index in [-0.39, 0.29) is 0 Å². The smallest absolute Gasteiger partial charge is 0.107 e. The van der Waals surface area contributed by atoms with Gasteiger partial charge in [0, 0.05) is 29.5 Å². The summed E-state index contributed by atoms with van der Waals surface area (Å²) in [5, 5.41) is 6.60. The van der Waals surface area contributed by atoms with Gasteiger partial charge in [0.1, 0.15) is 5.01 Å². The average Bonchev–Trinajstić information content (AvgIpc) is 2.49. The Labute approximate surface area is 88.3 Å². The van der Waals surface area contributed by atoms with Gasteiger partial charge >= 0.3 is 0 Å². The maximum atomic E-state index is 5.63. The number of thiazole rings is 1. The van der Waals surface area contributed by atoms with Gasteiger partial charge in [-0.3, -0.25) is 0 Å². The van der Waals surface area contributed by atoms with Crippen LogP contribution in [0.4, 0.5) is 0 Å². The molecule has 0 radical (unpaired) electrons. The van der Waals surface area contributed by atoms with Crippen molar-refractivity contribution in [1.82, 2.24) is 10.3 Å². The highest BCUT2D eigenvalue weighted by molar-refractivity contribution is 7.09. The zero-order chi connectivity index (χ0) is 9.68. The first-order chi connectivity index (χ1) is 6.22. The van der Waals surface area contributed by atoms with Gasteiger partial charge in [-0.1, -0.05) is 0 Å². The molecule has 0 aliphatic heterocycles. The molecule has 1 aromatic rings. The minimum atomic E-state index is 0.474. The van der Waals surface area contributed by atoms with Crippen LogP contribution >= 0.6 is 22.9 Å². The maximum Gasteiger partial charge on any atom is 0.107 e. The number of nitrogens with zero attached hydrogens (tertiary/aromatic N) is 1. The molecule has 1 atom stereocenters. The van der Waals surface area contributed by atoms with Crippen LogP contribution in [0.25, 0.3) is 0 Å². The number of aryl methyl sites for hydroxylation is 1. The van der Waals surface area contributed by atoms with Gasteiger partial charge in [0.15, 0.2) is 0 Å². The molecule has 0 fully saturated rings. The summed E-state index contributed by atoms with van der Waals surface area (Å²) in [6, 6.07) is 0.474. The minimum absolute atomic E-state index is 0.474. The van der Waals surface area contributed by atoms with Crippen molar-refractivity contribution in [3.63, 3.8) is 0 Å². The third-order valence-electron chi connectivity index (χ3n) is 1.81. The summed E-state index contributed by atoms with van der Waals surface area (Å²) in [6.07, 6.45) is 1.01. The lowest BCUT2D eigenvalue weighted by Gasteiger charge is -2.09. The predicted octanol–water partition coefficient (Wildman–Crippen LogP) is 2.56. The van der Waals surface area contributed by atoms with Crippen molar-refractivity contribution >= 4 is 22.9 Å². The zero-order valence-corrected chi connectivity index (χ0v) is 9.58. The third-order valence-corrected chi connectivity index (χ3v) is 3.00. The number of hydrogen-bond donors (Lipinski definition) is 1. The van der Waals surface area contributed by atoms with Gasteiger partial charge in [-0.2, -0.15) is 0 Å². The monoisotopic (exact) mass is 218 g/mol. The van der Waals surface area contributed by atoms with Crippen molar-refractivity contribution in [2.75, 3.05) is 5.88 Å². The van der Waals surface area contributed by atoms with Crippen molar-refractivity contribution in [1.29, 1.82) is 0 Å². The molecule has 1 aromatic heterocycles. The second-order valence-electron chi connectivity index (χ2n) is 3.14. The van der Waals surface area contributed by atoms with Gasteiger partial charge in [0.2, 0.25) is 0 Å². The fourth-order valence-corrected chi connectivity index (χ4v) is 2.06. The normalized spacial score (nSPS) is 13.2. The van der Waals surface area contributed by atoms with Crippen LogP contribution < -0.4 is 5.32 Å². The maximum absolute atomic E-state index is 5.63. The average molecular weight is 219 g/mol. The van der Waals surface area contributed by atoms with Crippen LogP contribution in [0, 0.1) is 6.92 Å². The molecule has 0 saturated heterocycles. The van der Waals surface area contributed by atoms with E-state index < -0.39 is 0 Å². The lowest BCUT2D eigenvalue weighted by Crippen LogP contribution is -2.25. The second-order valence-corrected chi connectivity index (χ2v) is 4.46. The molecule has 0 amide bonds. The van der Waals surface area contributed by atoms with E-state index in [1.54, 1.807) is 11.3 Å². The summed E-state index contributed by atoms with van der Waals surface area (Å²) < 4.78 is 0. The molecule has 0 bridgehead atoms. The molecule has 1 N–H and O–H groups in total. The number of hydrogen-bond acceptors (Lipinski definition) is 3. The fourth-order valence-electron chi connectivity index (χ4n) is 1.01. The molecule has 0 spiro atoms. The summed E-state index contributed by atoms with van der Waals surface area (Å²) in [7, 11) is 0. The van der Waals surface area contributed by atoms with Crippen molar-refractivity contribution in [3.8, 4) is 0 Å². The Hall–Kier alpha value is -0.120. The summed E-state index contributed by atoms with van der Waals surface area (Å²) in [4.78, 5) is 4.37. The Morgan fingerprint density at radius 3 is 3.00 bits per heavy atom. The van der Waals surface area contributed by atoms with Crippen LogP contribution in [0.2, 0.25) is 0 Å². The molecule has 74 valence electrons. The molecule has 0 aliphatic carbocycles. The molecule has 1 unspecified atom stereocenters. The molecule has 1 heterocycles. The number of rotatable bonds is 5. The van der Waals surface area contributed by atoms with Gasteiger partial charge in [0.05, 0.1) is 0 Å². The summed E-state index contributed by atoms with van der Waals surface area (Å²) in [5.74, 6) is 0.713. The quantitative estimate of drug-likeness (QED) is 0.769. The summed E-state index contributed by atoms with van der Waals surface area (Å²) >= 11 is 7.33. The molecule has 0 saturated carbocycles. The van der Waals surface area contributed by atoms with E-state index in [1.807, 2.05) is 6.92 Å². The Kier molecular flexibility index (Phi) is 4.70. The van der Waals surface area contributed by atoms with E-state index in [0.29, 0.717) is 11.9 Å². The Morgan fingerprint density at radius 1 is 1.69 bits per heavy atom. The first kappa shape index (κ1) is 11.0. The lowest BCUT2D eigenvalue weighted by molar-refractivity contribution is 0.535. The minimum Gasteiger partial charge on any atom is -0.308 e. The van der Waals surface area contributed by atoms with Crippen LogP contribution in [-0.4, -0.2) is 16.9 Å². The molecule has 2 nitrogen and oxygen atoms in total. The highest BCUT2D eigenvalue weighted by Crippen LogP contribution is 2.08. The summed E-state index contributed by atoms with van der Waals surface area (Å²) in [6.45, 7) is 5.02. The van der Waals surface area contributed by atoms with E-state index >= 15 is 0 Å². The van der Waals surface area contributed by atoms with E-state index in [2.05, 4.69) is 22.6 Å². The third kappa shape index (κ3) is 4.07. The highest BCUT2D eigenvalue weighted by Gasteiger charge is 2.02. The van der Waals surface area contributed by atoms with Gasteiger partial charge < -0.3 is 5.32 Å². The first-order valence-corrected chi connectivity index (χ1v) is 5.84. The van der Waals surface area contributed by atoms with Crippen molar-refractivity contribution < 1.29 is 0 Å². The van der Waals surface area contributed by atoms with Crippen LogP contribution in [0.5, 0.6) is 0 Å². The number of alkyl halides is 1. The van der Waals surface area contributed by atoms with E-state index in [4.69, 9.17) is 11.6 Å². The molecular formula is C9H15ClN2S. The van der Waals surface area contributed by atoms with Crippen molar-refractivity contribution in [2.24, 2.45) is 0 Å². The zero-order valence-electron chi connectivity index (χ0n) is 8.01. The molecule has 0 aromatic carbocycles. The molecule has 1 rings (SSSR count). The van der Waals surface area contributed by atoms with E-state index in [9.17, 15) is 0 Å². The van der Waals surface area contributed by atoms with Gasteiger partial charge in [-0.15, -0.1) is 22.9 Å². The predicted molar refractivity (Wildman–Crippen MR) is 58.5 cm³/mol.